The van der Waals surface area contributed by atoms with Crippen LogP contribution in [0.15, 0.2) is 24.3 Å². The van der Waals surface area contributed by atoms with Gasteiger partial charge in [0, 0.05) is 32.1 Å². The molecule has 3 rings (SSSR count). The molecule has 0 bridgehead atoms. The average molecular weight is 289 g/mol. The summed E-state index contributed by atoms with van der Waals surface area (Å²) >= 11 is 0. The third-order valence-corrected chi connectivity index (χ3v) is 3.87. The van der Waals surface area contributed by atoms with E-state index < -0.39 is 5.97 Å². The summed E-state index contributed by atoms with van der Waals surface area (Å²) in [5.41, 5.74) is 1.81. The predicted molar refractivity (Wildman–Crippen MR) is 78.0 cm³/mol. The Hall–Kier alpha value is -1.92. The molecule has 0 atom stereocenters. The Morgan fingerprint density at radius 1 is 1.43 bits per heavy atom. The molecule has 6 nitrogen and oxygen atoms in total. The Morgan fingerprint density at radius 3 is 2.86 bits per heavy atom. The van der Waals surface area contributed by atoms with Crippen molar-refractivity contribution >= 4 is 16.9 Å². The molecule has 21 heavy (non-hydrogen) atoms. The van der Waals surface area contributed by atoms with Crippen LogP contribution in [-0.4, -0.2) is 51.1 Å². The van der Waals surface area contributed by atoms with E-state index in [0.717, 1.165) is 30.8 Å². The van der Waals surface area contributed by atoms with Crippen LogP contribution in [0.2, 0.25) is 0 Å². The lowest BCUT2D eigenvalue weighted by molar-refractivity contribution is -0.165. The molecule has 1 N–H and O–H groups in total. The van der Waals surface area contributed by atoms with Gasteiger partial charge >= 0.3 is 5.97 Å². The van der Waals surface area contributed by atoms with Crippen molar-refractivity contribution in [1.82, 2.24) is 14.7 Å². The lowest BCUT2D eigenvalue weighted by atomic mass is 9.96. The predicted octanol–water partition coefficient (Wildman–Crippen LogP) is 1.25. The van der Waals surface area contributed by atoms with Crippen LogP contribution in [0.4, 0.5) is 0 Å². The van der Waals surface area contributed by atoms with Crippen molar-refractivity contribution < 1.29 is 14.6 Å². The first-order chi connectivity index (χ1) is 9.97. The van der Waals surface area contributed by atoms with E-state index >= 15 is 0 Å². The SMILES string of the molecule is Cn1nc(CN2CC(C)(OCC(=O)O)C2)c2ccccc21. The van der Waals surface area contributed by atoms with E-state index in [1.165, 1.54) is 5.39 Å². The summed E-state index contributed by atoms with van der Waals surface area (Å²) in [6.45, 7) is 3.92. The highest BCUT2D eigenvalue weighted by molar-refractivity contribution is 5.81. The minimum Gasteiger partial charge on any atom is -0.480 e. The topological polar surface area (TPSA) is 67.6 Å². The maximum atomic E-state index is 10.6. The van der Waals surface area contributed by atoms with Gasteiger partial charge in [0.1, 0.15) is 6.61 Å². The molecule has 0 aliphatic carbocycles. The summed E-state index contributed by atoms with van der Waals surface area (Å²) in [6.07, 6.45) is 0. The van der Waals surface area contributed by atoms with Gasteiger partial charge in [0.15, 0.2) is 0 Å². The molecule has 0 radical (unpaired) electrons. The van der Waals surface area contributed by atoms with Crippen LogP contribution in [0.1, 0.15) is 12.6 Å². The number of ether oxygens (including phenoxy) is 1. The van der Waals surface area contributed by atoms with Gasteiger partial charge in [-0.1, -0.05) is 18.2 Å². The van der Waals surface area contributed by atoms with Gasteiger partial charge in [-0.3, -0.25) is 9.58 Å². The van der Waals surface area contributed by atoms with E-state index in [0.29, 0.717) is 0 Å². The van der Waals surface area contributed by atoms with E-state index in [4.69, 9.17) is 9.84 Å². The van der Waals surface area contributed by atoms with Crippen LogP contribution in [0.3, 0.4) is 0 Å². The van der Waals surface area contributed by atoms with E-state index in [9.17, 15) is 4.79 Å². The Bertz CT molecular complexity index is 674. The number of carbonyl (C=O) groups is 1. The third-order valence-electron chi connectivity index (χ3n) is 3.87. The van der Waals surface area contributed by atoms with Crippen molar-refractivity contribution in [2.75, 3.05) is 19.7 Å². The molecule has 0 spiro atoms. The van der Waals surface area contributed by atoms with Gasteiger partial charge in [-0.25, -0.2) is 4.79 Å². The van der Waals surface area contributed by atoms with Gasteiger partial charge in [-0.15, -0.1) is 0 Å². The number of hydrogen-bond acceptors (Lipinski definition) is 4. The van der Waals surface area contributed by atoms with E-state index in [-0.39, 0.29) is 12.2 Å². The van der Waals surface area contributed by atoms with Crippen molar-refractivity contribution in [3.63, 3.8) is 0 Å². The molecule has 1 aromatic heterocycles. The number of aliphatic carboxylic acids is 1. The summed E-state index contributed by atoms with van der Waals surface area (Å²) in [7, 11) is 1.95. The molecule has 2 heterocycles. The molecule has 1 fully saturated rings. The van der Waals surface area contributed by atoms with Gasteiger partial charge < -0.3 is 9.84 Å². The Kier molecular flexibility index (Phi) is 3.43. The molecule has 1 aliphatic heterocycles. The fourth-order valence-corrected chi connectivity index (χ4v) is 2.96. The summed E-state index contributed by atoms with van der Waals surface area (Å²) < 4.78 is 7.31. The van der Waals surface area contributed by atoms with Crippen LogP contribution in [0.25, 0.3) is 10.9 Å². The van der Waals surface area contributed by atoms with Crippen LogP contribution in [-0.2, 0) is 23.1 Å². The number of rotatable bonds is 5. The number of nitrogens with zero attached hydrogens (tertiary/aromatic N) is 3. The summed E-state index contributed by atoms with van der Waals surface area (Å²) in [5, 5.41) is 14.4. The molecule has 0 saturated carbocycles. The van der Waals surface area contributed by atoms with Crippen LogP contribution < -0.4 is 0 Å². The number of hydrogen-bond donors (Lipinski definition) is 1. The molecule has 1 saturated heterocycles. The number of likely N-dealkylation sites (tertiary alicyclic amines) is 1. The highest BCUT2D eigenvalue weighted by atomic mass is 16.5. The summed E-state index contributed by atoms with van der Waals surface area (Å²) in [5.74, 6) is -0.926. The second-order valence-electron chi connectivity index (χ2n) is 5.86. The van der Waals surface area contributed by atoms with Crippen molar-refractivity contribution in [1.29, 1.82) is 0 Å². The zero-order valence-corrected chi connectivity index (χ0v) is 12.2. The number of aryl methyl sites for hydroxylation is 1. The zero-order chi connectivity index (χ0) is 15.0. The van der Waals surface area contributed by atoms with Gasteiger partial charge in [-0.2, -0.15) is 5.10 Å². The number of para-hydroxylation sites is 1. The third kappa shape index (κ3) is 2.77. The normalized spacial score (nSPS) is 17.8. The molecule has 0 unspecified atom stereocenters. The molecule has 1 aromatic carbocycles. The number of carboxylic acids is 1. The monoisotopic (exact) mass is 289 g/mol. The fraction of sp³-hybridized carbons (Fsp3) is 0.467. The molecule has 2 aromatic rings. The number of fused-ring (bicyclic) bond motifs is 1. The van der Waals surface area contributed by atoms with E-state index in [1.54, 1.807) is 0 Å². The molecule has 0 amide bonds. The largest absolute Gasteiger partial charge is 0.480 e. The lowest BCUT2D eigenvalue weighted by Gasteiger charge is -2.47. The number of carboxylic acid groups (broad SMARTS) is 1. The van der Waals surface area contributed by atoms with Crippen molar-refractivity contribution in [3.8, 4) is 0 Å². The standard InChI is InChI=1S/C15H19N3O3/c1-15(21-8-14(19)20)9-18(10-15)7-12-11-5-3-4-6-13(11)17(2)16-12/h3-6H,7-10H2,1-2H3,(H,19,20). The Labute approximate surface area is 122 Å². The Balaban J connectivity index is 1.65. The lowest BCUT2D eigenvalue weighted by Crippen LogP contribution is -2.61. The molecule has 1 aliphatic rings. The van der Waals surface area contributed by atoms with Crippen molar-refractivity contribution in [2.24, 2.45) is 7.05 Å². The maximum Gasteiger partial charge on any atom is 0.329 e. The van der Waals surface area contributed by atoms with Gasteiger partial charge in [0.05, 0.1) is 16.8 Å². The van der Waals surface area contributed by atoms with Gasteiger partial charge in [0.25, 0.3) is 0 Å². The van der Waals surface area contributed by atoms with Gasteiger partial charge in [-0.05, 0) is 13.0 Å². The zero-order valence-electron chi connectivity index (χ0n) is 12.2. The highest BCUT2D eigenvalue weighted by Crippen LogP contribution is 2.28. The fourth-order valence-electron chi connectivity index (χ4n) is 2.96. The molecular formula is C15H19N3O3. The first-order valence-corrected chi connectivity index (χ1v) is 6.96. The number of aromatic nitrogens is 2. The molecule has 6 heteroatoms. The second kappa shape index (κ2) is 5.13. The minimum atomic E-state index is -0.926. The summed E-state index contributed by atoms with van der Waals surface area (Å²) in [6, 6.07) is 8.16. The van der Waals surface area contributed by atoms with E-state index in [2.05, 4.69) is 22.1 Å². The Morgan fingerprint density at radius 2 is 2.14 bits per heavy atom. The van der Waals surface area contributed by atoms with Crippen molar-refractivity contribution in [3.05, 3.63) is 30.0 Å². The second-order valence-corrected chi connectivity index (χ2v) is 5.86. The number of benzene rings is 1. The van der Waals surface area contributed by atoms with Crippen LogP contribution in [0.5, 0.6) is 0 Å². The van der Waals surface area contributed by atoms with Crippen LogP contribution >= 0.6 is 0 Å². The minimum absolute atomic E-state index is 0.239. The average Bonchev–Trinajstić information content (AvgIpc) is 2.72. The smallest absolute Gasteiger partial charge is 0.329 e. The quantitative estimate of drug-likeness (QED) is 0.897. The van der Waals surface area contributed by atoms with E-state index in [1.807, 2.05) is 30.8 Å². The molecular weight excluding hydrogens is 270 g/mol. The first-order valence-electron chi connectivity index (χ1n) is 6.96. The van der Waals surface area contributed by atoms with Gasteiger partial charge in [0.2, 0.25) is 0 Å². The first kappa shape index (κ1) is 14.0. The molecule has 112 valence electrons. The maximum absolute atomic E-state index is 10.6. The summed E-state index contributed by atoms with van der Waals surface area (Å²) in [4.78, 5) is 12.8. The van der Waals surface area contributed by atoms with Crippen molar-refractivity contribution in [2.45, 2.75) is 19.1 Å². The van der Waals surface area contributed by atoms with Crippen LogP contribution in [0, 0.1) is 0 Å². The highest BCUT2D eigenvalue weighted by Gasteiger charge is 2.40.